The van der Waals surface area contributed by atoms with Crippen LogP contribution in [0.3, 0.4) is 0 Å². The summed E-state index contributed by atoms with van der Waals surface area (Å²) >= 11 is 6.33. The van der Waals surface area contributed by atoms with Crippen LogP contribution < -0.4 is 4.74 Å². The number of hydrogen-bond acceptors (Lipinski definition) is 2. The van der Waals surface area contributed by atoms with E-state index in [2.05, 4.69) is 11.1 Å². The van der Waals surface area contributed by atoms with Crippen LogP contribution in [0.1, 0.15) is 6.92 Å². The third kappa shape index (κ3) is 2.47. The molecule has 20 heavy (non-hydrogen) atoms. The number of rotatable bonds is 3. The first-order valence-corrected chi connectivity index (χ1v) is 6.92. The Hall–Kier alpha value is -2.06. The number of fused-ring (bicyclic) bond motifs is 1. The molecule has 3 rings (SSSR count). The summed E-state index contributed by atoms with van der Waals surface area (Å²) in [6.45, 7) is 2.65. The Labute approximate surface area is 123 Å². The highest BCUT2D eigenvalue weighted by Crippen LogP contribution is 2.31. The fraction of sp³-hybridized carbons (Fsp3) is 0.118. The van der Waals surface area contributed by atoms with E-state index in [4.69, 9.17) is 16.3 Å². The maximum Gasteiger partial charge on any atom is 0.119 e. The monoisotopic (exact) mass is 283 g/mol. The molecule has 1 heterocycles. The number of aromatic nitrogens is 1. The molecule has 0 atom stereocenters. The summed E-state index contributed by atoms with van der Waals surface area (Å²) in [6.07, 6.45) is 3.57. The second-order valence-electron chi connectivity index (χ2n) is 4.51. The number of benzene rings is 2. The van der Waals surface area contributed by atoms with Crippen molar-refractivity contribution in [3.05, 3.63) is 59.9 Å². The molecule has 0 amide bonds. The van der Waals surface area contributed by atoms with Gasteiger partial charge in [-0.2, -0.15) is 0 Å². The molecule has 0 saturated heterocycles. The maximum atomic E-state index is 6.33. The van der Waals surface area contributed by atoms with Crippen molar-refractivity contribution in [1.29, 1.82) is 0 Å². The minimum Gasteiger partial charge on any atom is -0.494 e. The van der Waals surface area contributed by atoms with Gasteiger partial charge in [-0.3, -0.25) is 4.98 Å². The van der Waals surface area contributed by atoms with Crippen LogP contribution in [0.4, 0.5) is 0 Å². The molecule has 100 valence electrons. The highest BCUT2D eigenvalue weighted by Gasteiger charge is 2.05. The normalized spacial score (nSPS) is 10.7. The van der Waals surface area contributed by atoms with Crippen LogP contribution in [0.15, 0.2) is 54.9 Å². The van der Waals surface area contributed by atoms with Gasteiger partial charge in [-0.05, 0) is 53.8 Å². The van der Waals surface area contributed by atoms with Gasteiger partial charge in [0.05, 0.1) is 11.6 Å². The van der Waals surface area contributed by atoms with Gasteiger partial charge in [-0.1, -0.05) is 23.7 Å². The Bertz CT molecular complexity index is 738. The molecule has 0 unspecified atom stereocenters. The predicted molar refractivity (Wildman–Crippen MR) is 83.4 cm³/mol. The van der Waals surface area contributed by atoms with Gasteiger partial charge in [0.15, 0.2) is 0 Å². The second-order valence-corrected chi connectivity index (χ2v) is 4.92. The molecular formula is C17H14ClNO. The highest BCUT2D eigenvalue weighted by atomic mass is 35.5. The van der Waals surface area contributed by atoms with Gasteiger partial charge in [-0.25, -0.2) is 0 Å². The summed E-state index contributed by atoms with van der Waals surface area (Å²) in [5, 5.41) is 2.79. The van der Waals surface area contributed by atoms with E-state index in [1.165, 1.54) is 0 Å². The average molecular weight is 284 g/mol. The molecule has 0 N–H and O–H groups in total. The van der Waals surface area contributed by atoms with Crippen molar-refractivity contribution < 1.29 is 4.74 Å². The molecule has 3 heteroatoms. The predicted octanol–water partition coefficient (Wildman–Crippen LogP) is 4.95. The van der Waals surface area contributed by atoms with Gasteiger partial charge in [0.2, 0.25) is 0 Å². The standard InChI is InChI=1S/C17H14ClNO/c1-2-20-15-5-3-12(4-6-15)14-9-13-7-8-19-11-16(13)17(18)10-14/h3-11H,2H2,1H3. The lowest BCUT2D eigenvalue weighted by molar-refractivity contribution is 0.340. The van der Waals surface area contributed by atoms with Crippen molar-refractivity contribution >= 4 is 22.4 Å². The molecular weight excluding hydrogens is 270 g/mol. The summed E-state index contributed by atoms with van der Waals surface area (Å²) in [5.41, 5.74) is 2.21. The van der Waals surface area contributed by atoms with Gasteiger partial charge >= 0.3 is 0 Å². The molecule has 0 saturated carbocycles. The van der Waals surface area contributed by atoms with Crippen molar-refractivity contribution in [3.63, 3.8) is 0 Å². The van der Waals surface area contributed by atoms with Crippen LogP contribution in [-0.4, -0.2) is 11.6 Å². The minimum absolute atomic E-state index is 0.675. The van der Waals surface area contributed by atoms with E-state index in [-0.39, 0.29) is 0 Å². The first kappa shape index (κ1) is 12.9. The Morgan fingerprint density at radius 3 is 2.60 bits per heavy atom. The molecule has 0 spiro atoms. The van der Waals surface area contributed by atoms with E-state index < -0.39 is 0 Å². The fourth-order valence-corrected chi connectivity index (χ4v) is 2.51. The maximum absolute atomic E-state index is 6.33. The number of nitrogens with zero attached hydrogens (tertiary/aromatic N) is 1. The Kier molecular flexibility index (Phi) is 3.57. The number of hydrogen-bond donors (Lipinski definition) is 0. The zero-order valence-corrected chi connectivity index (χ0v) is 11.9. The summed E-state index contributed by atoms with van der Waals surface area (Å²) in [6, 6.07) is 14.1. The lowest BCUT2D eigenvalue weighted by Gasteiger charge is -2.08. The fourth-order valence-electron chi connectivity index (χ4n) is 2.23. The molecule has 0 radical (unpaired) electrons. The second kappa shape index (κ2) is 5.51. The first-order chi connectivity index (χ1) is 9.78. The van der Waals surface area contributed by atoms with Crippen LogP contribution in [0, 0.1) is 0 Å². The SMILES string of the molecule is CCOc1ccc(-c2cc(Cl)c3cnccc3c2)cc1. The van der Waals surface area contributed by atoms with Gasteiger partial charge in [0.25, 0.3) is 0 Å². The van der Waals surface area contributed by atoms with Crippen molar-refractivity contribution in [2.24, 2.45) is 0 Å². The third-order valence-corrected chi connectivity index (χ3v) is 3.52. The molecule has 0 aliphatic carbocycles. The topological polar surface area (TPSA) is 22.1 Å². The summed E-state index contributed by atoms with van der Waals surface area (Å²) in [7, 11) is 0. The third-order valence-electron chi connectivity index (χ3n) is 3.20. The van der Waals surface area contributed by atoms with Crippen molar-refractivity contribution in [2.45, 2.75) is 6.92 Å². The average Bonchev–Trinajstić information content (AvgIpc) is 2.48. The van der Waals surface area contributed by atoms with Crippen LogP contribution in [0.5, 0.6) is 5.75 Å². The summed E-state index contributed by atoms with van der Waals surface area (Å²) < 4.78 is 5.46. The van der Waals surface area contributed by atoms with Crippen molar-refractivity contribution in [2.75, 3.05) is 6.61 Å². The highest BCUT2D eigenvalue weighted by molar-refractivity contribution is 6.35. The Morgan fingerprint density at radius 2 is 1.85 bits per heavy atom. The van der Waals surface area contributed by atoms with Gasteiger partial charge in [0, 0.05) is 17.8 Å². The van der Waals surface area contributed by atoms with E-state index >= 15 is 0 Å². The Balaban J connectivity index is 2.05. The molecule has 0 fully saturated rings. The molecule has 0 bridgehead atoms. The summed E-state index contributed by atoms with van der Waals surface area (Å²) in [5.74, 6) is 0.882. The van der Waals surface area contributed by atoms with Gasteiger partial charge < -0.3 is 4.74 Å². The molecule has 2 nitrogen and oxygen atoms in total. The smallest absolute Gasteiger partial charge is 0.119 e. The molecule has 1 aromatic heterocycles. The van der Waals surface area contributed by atoms with E-state index in [1.807, 2.05) is 43.3 Å². The molecule has 2 aromatic carbocycles. The number of pyridine rings is 1. The van der Waals surface area contributed by atoms with Crippen molar-refractivity contribution in [3.8, 4) is 16.9 Å². The van der Waals surface area contributed by atoms with E-state index in [9.17, 15) is 0 Å². The molecule has 0 aliphatic rings. The van der Waals surface area contributed by atoms with Crippen LogP contribution in [-0.2, 0) is 0 Å². The van der Waals surface area contributed by atoms with Crippen molar-refractivity contribution in [1.82, 2.24) is 4.98 Å². The Morgan fingerprint density at radius 1 is 1.05 bits per heavy atom. The molecule has 3 aromatic rings. The first-order valence-electron chi connectivity index (χ1n) is 6.54. The van der Waals surface area contributed by atoms with E-state index in [0.29, 0.717) is 6.61 Å². The quantitative estimate of drug-likeness (QED) is 0.678. The van der Waals surface area contributed by atoms with E-state index in [1.54, 1.807) is 12.4 Å². The lowest BCUT2D eigenvalue weighted by Crippen LogP contribution is -1.90. The van der Waals surface area contributed by atoms with Crippen LogP contribution in [0.2, 0.25) is 5.02 Å². The lowest BCUT2D eigenvalue weighted by atomic mass is 10.0. The minimum atomic E-state index is 0.675. The largest absolute Gasteiger partial charge is 0.494 e. The van der Waals surface area contributed by atoms with Crippen LogP contribution in [0.25, 0.3) is 21.9 Å². The number of halogens is 1. The van der Waals surface area contributed by atoms with Gasteiger partial charge in [-0.15, -0.1) is 0 Å². The molecule has 0 aliphatic heterocycles. The van der Waals surface area contributed by atoms with Crippen LogP contribution >= 0.6 is 11.6 Å². The van der Waals surface area contributed by atoms with Gasteiger partial charge in [0.1, 0.15) is 5.75 Å². The number of ether oxygens (including phenoxy) is 1. The zero-order chi connectivity index (χ0) is 13.9. The zero-order valence-electron chi connectivity index (χ0n) is 11.1. The van der Waals surface area contributed by atoms with E-state index in [0.717, 1.165) is 32.7 Å². The summed E-state index contributed by atoms with van der Waals surface area (Å²) in [4.78, 5) is 4.11.